The van der Waals surface area contributed by atoms with Gasteiger partial charge in [0.1, 0.15) is 0 Å². The van der Waals surface area contributed by atoms with Crippen LogP contribution in [0.25, 0.3) is 0 Å². The lowest BCUT2D eigenvalue weighted by Gasteiger charge is -2.46. The van der Waals surface area contributed by atoms with Crippen LogP contribution in [0.4, 0.5) is 0 Å². The summed E-state index contributed by atoms with van der Waals surface area (Å²) in [6.45, 7) is 8.26. The molecule has 2 atom stereocenters. The molecule has 2 fully saturated rings. The molecule has 18 heavy (non-hydrogen) atoms. The van der Waals surface area contributed by atoms with Crippen LogP contribution in [0.15, 0.2) is 17.5 Å². The summed E-state index contributed by atoms with van der Waals surface area (Å²) >= 11 is 1.89. The number of hydrogen-bond donors (Lipinski definition) is 1. The lowest BCUT2D eigenvalue weighted by atomic mass is 9.90. The van der Waals surface area contributed by atoms with Crippen LogP contribution in [0, 0.1) is 5.92 Å². The summed E-state index contributed by atoms with van der Waals surface area (Å²) in [5, 5.41) is 6.02. The van der Waals surface area contributed by atoms with Crippen LogP contribution in [-0.4, -0.2) is 29.6 Å². The Morgan fingerprint density at radius 1 is 1.50 bits per heavy atom. The Balaban J connectivity index is 1.71. The van der Waals surface area contributed by atoms with Gasteiger partial charge in [0.2, 0.25) is 0 Å². The standard InChI is InChI=1S/C15H24N2S/c1-3-13-9-16-15(2,12-6-7-12)11-17(13)10-14-5-4-8-18-14/h4-5,8,12-13,16H,3,6-7,9-11H2,1-2H3. The lowest BCUT2D eigenvalue weighted by molar-refractivity contribution is 0.0674. The SMILES string of the molecule is CCC1CNC(C)(C2CC2)CN1Cc1cccs1. The van der Waals surface area contributed by atoms with Crippen LogP contribution in [0.3, 0.4) is 0 Å². The number of nitrogens with zero attached hydrogens (tertiary/aromatic N) is 1. The van der Waals surface area contributed by atoms with E-state index in [1.54, 1.807) is 0 Å². The Labute approximate surface area is 114 Å². The van der Waals surface area contributed by atoms with Crippen LogP contribution in [0.5, 0.6) is 0 Å². The third-order valence-corrected chi connectivity index (χ3v) is 5.54. The number of hydrogen-bond acceptors (Lipinski definition) is 3. The van der Waals surface area contributed by atoms with Crippen LogP contribution < -0.4 is 5.32 Å². The summed E-state index contributed by atoms with van der Waals surface area (Å²) in [5.74, 6) is 0.918. The Morgan fingerprint density at radius 3 is 2.94 bits per heavy atom. The molecule has 100 valence electrons. The van der Waals surface area contributed by atoms with Crippen LogP contribution in [0.2, 0.25) is 0 Å². The summed E-state index contributed by atoms with van der Waals surface area (Å²) in [7, 11) is 0. The van der Waals surface area contributed by atoms with E-state index in [2.05, 4.69) is 41.6 Å². The van der Waals surface area contributed by atoms with Crippen molar-refractivity contribution in [2.75, 3.05) is 13.1 Å². The van der Waals surface area contributed by atoms with Gasteiger partial charge in [-0.3, -0.25) is 4.90 Å². The van der Waals surface area contributed by atoms with Gasteiger partial charge in [0.05, 0.1) is 0 Å². The molecule has 0 aromatic carbocycles. The Bertz CT molecular complexity index is 385. The third-order valence-electron chi connectivity index (χ3n) is 4.68. The van der Waals surface area contributed by atoms with Gasteiger partial charge in [-0.15, -0.1) is 11.3 Å². The maximum atomic E-state index is 3.83. The Hall–Kier alpha value is -0.380. The molecule has 1 aromatic rings. The molecule has 1 aliphatic heterocycles. The molecule has 2 heterocycles. The predicted molar refractivity (Wildman–Crippen MR) is 77.9 cm³/mol. The van der Waals surface area contributed by atoms with E-state index >= 15 is 0 Å². The van der Waals surface area contributed by atoms with Gasteiger partial charge in [0.15, 0.2) is 0 Å². The van der Waals surface area contributed by atoms with E-state index < -0.39 is 0 Å². The maximum Gasteiger partial charge on any atom is 0.0332 e. The van der Waals surface area contributed by atoms with E-state index in [0.717, 1.165) is 19.0 Å². The van der Waals surface area contributed by atoms with Crippen LogP contribution in [-0.2, 0) is 6.54 Å². The first-order valence-corrected chi connectivity index (χ1v) is 8.10. The van der Waals surface area contributed by atoms with Crippen molar-refractivity contribution in [2.24, 2.45) is 5.92 Å². The fourth-order valence-corrected chi connectivity index (χ4v) is 4.00. The first-order valence-electron chi connectivity index (χ1n) is 7.23. The van der Waals surface area contributed by atoms with E-state index in [1.807, 2.05) is 11.3 Å². The predicted octanol–water partition coefficient (Wildman–Crippen LogP) is 3.10. The minimum absolute atomic E-state index is 0.364. The average Bonchev–Trinajstić information content (AvgIpc) is 3.11. The molecule has 0 amide bonds. The Kier molecular flexibility index (Phi) is 3.48. The maximum absolute atomic E-state index is 3.83. The number of nitrogens with one attached hydrogen (secondary N) is 1. The molecule has 3 heteroatoms. The van der Waals surface area contributed by atoms with Crippen molar-refractivity contribution in [1.82, 2.24) is 10.2 Å². The zero-order valence-corrected chi connectivity index (χ0v) is 12.3. The first kappa shape index (κ1) is 12.6. The van der Waals surface area contributed by atoms with Crippen molar-refractivity contribution < 1.29 is 0 Å². The molecule has 2 aliphatic rings. The topological polar surface area (TPSA) is 15.3 Å². The third kappa shape index (κ3) is 2.49. The van der Waals surface area contributed by atoms with Crippen molar-refractivity contribution in [3.63, 3.8) is 0 Å². The second kappa shape index (κ2) is 4.95. The van der Waals surface area contributed by atoms with E-state index in [-0.39, 0.29) is 0 Å². The minimum Gasteiger partial charge on any atom is -0.308 e. The summed E-state index contributed by atoms with van der Waals surface area (Å²) in [6.07, 6.45) is 4.10. The highest BCUT2D eigenvalue weighted by atomic mass is 32.1. The van der Waals surface area contributed by atoms with E-state index in [9.17, 15) is 0 Å². The first-order chi connectivity index (χ1) is 8.71. The monoisotopic (exact) mass is 264 g/mol. The number of rotatable bonds is 4. The highest BCUT2D eigenvalue weighted by Gasteiger charge is 2.45. The van der Waals surface area contributed by atoms with Crippen LogP contribution in [0.1, 0.15) is 38.0 Å². The van der Waals surface area contributed by atoms with Crippen molar-refractivity contribution in [3.05, 3.63) is 22.4 Å². The molecule has 0 bridgehead atoms. The lowest BCUT2D eigenvalue weighted by Crippen LogP contribution is -2.63. The molecule has 0 radical (unpaired) electrons. The fraction of sp³-hybridized carbons (Fsp3) is 0.733. The highest BCUT2D eigenvalue weighted by Crippen LogP contribution is 2.41. The molecular weight excluding hydrogens is 240 g/mol. The zero-order chi connectivity index (χ0) is 12.6. The molecular formula is C15H24N2S. The molecule has 2 nitrogen and oxygen atoms in total. The summed E-state index contributed by atoms with van der Waals surface area (Å²) in [4.78, 5) is 4.22. The normalized spacial score (nSPS) is 33.8. The Morgan fingerprint density at radius 2 is 2.33 bits per heavy atom. The molecule has 0 spiro atoms. The molecule has 2 unspecified atom stereocenters. The van der Waals surface area contributed by atoms with Crippen molar-refractivity contribution in [3.8, 4) is 0 Å². The average molecular weight is 264 g/mol. The van der Waals surface area contributed by atoms with Gasteiger partial charge in [0.25, 0.3) is 0 Å². The smallest absolute Gasteiger partial charge is 0.0332 e. The van der Waals surface area contributed by atoms with Gasteiger partial charge in [0, 0.05) is 36.1 Å². The number of thiophene rings is 1. The van der Waals surface area contributed by atoms with Crippen molar-refractivity contribution >= 4 is 11.3 Å². The van der Waals surface area contributed by atoms with Gasteiger partial charge in [-0.2, -0.15) is 0 Å². The minimum atomic E-state index is 0.364. The van der Waals surface area contributed by atoms with Gasteiger partial charge < -0.3 is 5.32 Å². The molecule has 1 saturated heterocycles. The molecule has 1 N–H and O–H groups in total. The van der Waals surface area contributed by atoms with Gasteiger partial charge in [-0.1, -0.05) is 13.0 Å². The van der Waals surface area contributed by atoms with Crippen LogP contribution >= 0.6 is 11.3 Å². The molecule has 1 aliphatic carbocycles. The summed E-state index contributed by atoms with van der Waals surface area (Å²) in [6, 6.07) is 5.15. The largest absolute Gasteiger partial charge is 0.308 e. The summed E-state index contributed by atoms with van der Waals surface area (Å²) in [5.41, 5.74) is 0.364. The van der Waals surface area contributed by atoms with Gasteiger partial charge >= 0.3 is 0 Å². The quantitative estimate of drug-likeness (QED) is 0.899. The van der Waals surface area contributed by atoms with Gasteiger partial charge in [-0.25, -0.2) is 0 Å². The number of piperazine rings is 1. The molecule has 1 aromatic heterocycles. The fourth-order valence-electron chi connectivity index (χ4n) is 3.27. The zero-order valence-electron chi connectivity index (χ0n) is 11.5. The van der Waals surface area contributed by atoms with E-state index in [1.165, 1.54) is 30.7 Å². The van der Waals surface area contributed by atoms with Crippen molar-refractivity contribution in [2.45, 2.75) is 51.2 Å². The van der Waals surface area contributed by atoms with E-state index in [4.69, 9.17) is 0 Å². The van der Waals surface area contributed by atoms with Crippen molar-refractivity contribution in [1.29, 1.82) is 0 Å². The summed E-state index contributed by atoms with van der Waals surface area (Å²) < 4.78 is 0. The molecule has 3 rings (SSSR count). The van der Waals surface area contributed by atoms with Gasteiger partial charge in [-0.05, 0) is 43.6 Å². The highest BCUT2D eigenvalue weighted by molar-refractivity contribution is 7.09. The molecule has 1 saturated carbocycles. The second-order valence-electron chi connectivity index (χ2n) is 6.12. The second-order valence-corrected chi connectivity index (χ2v) is 7.15. The van der Waals surface area contributed by atoms with E-state index in [0.29, 0.717) is 11.6 Å².